The van der Waals surface area contributed by atoms with Crippen LogP contribution in [0.4, 0.5) is 5.69 Å². The highest BCUT2D eigenvalue weighted by atomic mass is 35.5. The number of carbonyl (C=O) groups is 1. The fraction of sp³-hybridized carbons (Fsp3) is 0.258. The van der Waals surface area contributed by atoms with Crippen molar-refractivity contribution in [3.63, 3.8) is 0 Å². The molecule has 1 fully saturated rings. The Bertz CT molecular complexity index is 1610. The lowest BCUT2D eigenvalue weighted by Gasteiger charge is -2.31. The fourth-order valence-electron chi connectivity index (χ4n) is 4.88. The maximum Gasteiger partial charge on any atom is 0.275 e. The second kappa shape index (κ2) is 13.2. The van der Waals surface area contributed by atoms with Crippen LogP contribution in [0.2, 0.25) is 5.02 Å². The molecule has 1 N–H and O–H groups in total. The zero-order valence-electron chi connectivity index (χ0n) is 22.7. The van der Waals surface area contributed by atoms with Crippen LogP contribution in [0, 0.1) is 12.8 Å². The molecular weight excluding hydrogens is 576 g/mol. The lowest BCUT2D eigenvalue weighted by Crippen LogP contribution is -2.38. The Hall–Kier alpha value is -3.24. The summed E-state index contributed by atoms with van der Waals surface area (Å²) in [5.41, 5.74) is 4.09. The molecule has 0 aliphatic carbocycles. The van der Waals surface area contributed by atoms with Crippen LogP contribution in [0.1, 0.15) is 40.0 Å². The Balaban J connectivity index is 1.18. The van der Waals surface area contributed by atoms with Crippen LogP contribution in [-0.4, -0.2) is 41.7 Å². The van der Waals surface area contributed by atoms with Gasteiger partial charge >= 0.3 is 0 Å². The van der Waals surface area contributed by atoms with Crippen molar-refractivity contribution in [1.29, 1.82) is 0 Å². The predicted molar refractivity (Wildman–Crippen MR) is 164 cm³/mol. The van der Waals surface area contributed by atoms with Crippen LogP contribution in [0.15, 0.2) is 95.1 Å². The van der Waals surface area contributed by atoms with E-state index < -0.39 is 15.9 Å². The van der Waals surface area contributed by atoms with Crippen molar-refractivity contribution in [3.05, 3.63) is 112 Å². The molecule has 1 amide bonds. The average molecular weight is 607 g/mol. The van der Waals surface area contributed by atoms with E-state index in [4.69, 9.17) is 11.6 Å². The van der Waals surface area contributed by atoms with E-state index in [0.29, 0.717) is 35.6 Å². The molecule has 0 unspecified atom stereocenters. The highest BCUT2D eigenvalue weighted by Gasteiger charge is 2.29. The number of hydrogen-bond donors (Lipinski definition) is 1. The number of anilines is 1. The molecule has 1 saturated heterocycles. The molecule has 41 heavy (non-hydrogen) atoms. The Morgan fingerprint density at radius 1 is 1.00 bits per heavy atom. The van der Waals surface area contributed by atoms with Crippen LogP contribution < -0.4 is 5.32 Å². The van der Waals surface area contributed by atoms with E-state index in [2.05, 4.69) is 33.5 Å². The molecule has 4 aromatic rings. The van der Waals surface area contributed by atoms with Crippen molar-refractivity contribution in [2.24, 2.45) is 5.92 Å². The first-order valence-corrected chi connectivity index (χ1v) is 16.2. The second-order valence-electron chi connectivity index (χ2n) is 10.1. The first-order chi connectivity index (χ1) is 19.8. The van der Waals surface area contributed by atoms with Gasteiger partial charge in [-0.15, -0.1) is 0 Å². The Morgan fingerprint density at radius 2 is 1.71 bits per heavy atom. The lowest BCUT2D eigenvalue weighted by molar-refractivity contribution is 0.102. The first kappa shape index (κ1) is 29.3. The van der Waals surface area contributed by atoms with Crippen molar-refractivity contribution in [1.82, 2.24) is 14.3 Å². The van der Waals surface area contributed by atoms with Crippen LogP contribution >= 0.6 is 23.4 Å². The number of thioether (sulfide) groups is 1. The Labute approximate surface area is 250 Å². The van der Waals surface area contributed by atoms with Gasteiger partial charge in [-0.05, 0) is 67.5 Å². The fourth-order valence-corrected chi connectivity index (χ4v) is 7.29. The summed E-state index contributed by atoms with van der Waals surface area (Å²) >= 11 is 7.66. The van der Waals surface area contributed by atoms with Gasteiger partial charge < -0.3 is 5.32 Å². The van der Waals surface area contributed by atoms with Crippen molar-refractivity contribution in [2.75, 3.05) is 18.4 Å². The van der Waals surface area contributed by atoms with Crippen LogP contribution in [0.3, 0.4) is 0 Å². The molecule has 0 saturated carbocycles. The van der Waals surface area contributed by atoms with Gasteiger partial charge in [0.25, 0.3) is 5.91 Å². The largest absolute Gasteiger partial charge is 0.321 e. The van der Waals surface area contributed by atoms with Gasteiger partial charge in [-0.2, -0.15) is 4.31 Å². The lowest BCUT2D eigenvalue weighted by atomic mass is 9.91. The van der Waals surface area contributed by atoms with Gasteiger partial charge in [-0.3, -0.25) is 4.79 Å². The molecule has 0 spiro atoms. The van der Waals surface area contributed by atoms with Crippen molar-refractivity contribution in [2.45, 2.75) is 42.0 Å². The van der Waals surface area contributed by atoms with E-state index in [-0.39, 0.29) is 15.6 Å². The highest BCUT2D eigenvalue weighted by Crippen LogP contribution is 2.27. The summed E-state index contributed by atoms with van der Waals surface area (Å²) in [4.78, 5) is 21.8. The van der Waals surface area contributed by atoms with Gasteiger partial charge in [-0.25, -0.2) is 18.4 Å². The maximum atomic E-state index is 13.3. The Morgan fingerprint density at radius 3 is 2.41 bits per heavy atom. The molecule has 0 radical (unpaired) electrons. The monoisotopic (exact) mass is 606 g/mol. The van der Waals surface area contributed by atoms with Crippen molar-refractivity contribution in [3.8, 4) is 0 Å². The number of aryl methyl sites for hydroxylation is 1. The molecule has 1 aliphatic heterocycles. The molecule has 212 valence electrons. The summed E-state index contributed by atoms with van der Waals surface area (Å²) in [6.45, 7) is 3.02. The van der Waals surface area contributed by atoms with Crippen LogP contribution in [-0.2, 0) is 22.2 Å². The Kier molecular flexibility index (Phi) is 9.39. The van der Waals surface area contributed by atoms with E-state index in [9.17, 15) is 13.2 Å². The minimum Gasteiger partial charge on any atom is -0.321 e. The quantitative estimate of drug-likeness (QED) is 0.170. The van der Waals surface area contributed by atoms with Crippen molar-refractivity contribution >= 4 is 45.0 Å². The molecule has 0 atom stereocenters. The smallest absolute Gasteiger partial charge is 0.275 e. The van der Waals surface area contributed by atoms with E-state index >= 15 is 0 Å². The third-order valence-electron chi connectivity index (χ3n) is 7.08. The molecule has 10 heteroatoms. The van der Waals surface area contributed by atoms with E-state index in [1.54, 1.807) is 16.4 Å². The average Bonchev–Trinajstić information content (AvgIpc) is 2.98. The van der Waals surface area contributed by atoms with Gasteiger partial charge in [0, 0.05) is 24.5 Å². The summed E-state index contributed by atoms with van der Waals surface area (Å²) in [6.07, 6.45) is 4.04. The summed E-state index contributed by atoms with van der Waals surface area (Å²) in [5.74, 6) is 0.632. The molecule has 1 aromatic heterocycles. The van der Waals surface area contributed by atoms with Gasteiger partial charge in [0.2, 0.25) is 10.0 Å². The number of hydrogen-bond acceptors (Lipinski definition) is 6. The number of sulfonamides is 1. The second-order valence-corrected chi connectivity index (χ2v) is 13.4. The molecule has 3 aromatic carbocycles. The van der Waals surface area contributed by atoms with Gasteiger partial charge in [-0.1, -0.05) is 83.5 Å². The van der Waals surface area contributed by atoms with Gasteiger partial charge in [0.15, 0.2) is 10.9 Å². The minimum absolute atomic E-state index is 0.0588. The van der Waals surface area contributed by atoms with E-state index in [1.807, 2.05) is 43.3 Å². The molecule has 2 heterocycles. The summed E-state index contributed by atoms with van der Waals surface area (Å²) in [5, 5.41) is 3.34. The summed E-state index contributed by atoms with van der Waals surface area (Å²) in [7, 11) is -3.62. The standard InChI is InChI=1S/C31H31ClN4O3S2/c1-22-6-5-9-25(18-22)21-40-31-33-20-28(32)29(35-31)30(37)34-26-10-12-27(13-11-26)41(38,39)36-16-14-24(15-17-36)19-23-7-3-2-4-8-23/h2-13,18,20,24H,14-17,19,21H2,1H3,(H,34,37). The number of halogens is 1. The molecule has 7 nitrogen and oxygen atoms in total. The van der Waals surface area contributed by atoms with Crippen LogP contribution in [0.5, 0.6) is 0 Å². The zero-order chi connectivity index (χ0) is 28.8. The number of nitrogens with zero attached hydrogens (tertiary/aromatic N) is 3. The zero-order valence-corrected chi connectivity index (χ0v) is 25.1. The SMILES string of the molecule is Cc1cccc(CSc2ncc(Cl)c(C(=O)Nc3ccc(S(=O)(=O)N4CCC(Cc5ccccc5)CC4)cc3)n2)c1. The predicted octanol–water partition coefficient (Wildman–Crippen LogP) is 6.63. The number of carbonyl (C=O) groups excluding carboxylic acids is 1. The molecule has 5 rings (SSSR count). The highest BCUT2D eigenvalue weighted by molar-refractivity contribution is 7.98. The number of nitrogens with one attached hydrogen (secondary N) is 1. The van der Waals surface area contributed by atoms with Crippen molar-refractivity contribution < 1.29 is 13.2 Å². The van der Waals surface area contributed by atoms with Crippen LogP contribution in [0.25, 0.3) is 0 Å². The van der Waals surface area contributed by atoms with Gasteiger partial charge in [0.1, 0.15) is 0 Å². The molecule has 1 aliphatic rings. The van der Waals surface area contributed by atoms with E-state index in [1.165, 1.54) is 41.2 Å². The van der Waals surface area contributed by atoms with Gasteiger partial charge in [0.05, 0.1) is 16.1 Å². The number of benzene rings is 3. The normalized spacial score (nSPS) is 14.6. The third kappa shape index (κ3) is 7.54. The minimum atomic E-state index is -3.62. The summed E-state index contributed by atoms with van der Waals surface area (Å²) < 4.78 is 28.1. The summed E-state index contributed by atoms with van der Waals surface area (Å²) in [6, 6.07) is 24.7. The molecule has 0 bridgehead atoms. The third-order valence-corrected chi connectivity index (χ3v) is 10.2. The number of rotatable bonds is 9. The first-order valence-electron chi connectivity index (χ1n) is 13.4. The number of piperidine rings is 1. The number of aromatic nitrogens is 2. The molecular formula is C31H31ClN4O3S2. The maximum absolute atomic E-state index is 13.3. The van der Waals surface area contributed by atoms with E-state index in [0.717, 1.165) is 24.8 Å². The number of amides is 1. The topological polar surface area (TPSA) is 92.3 Å².